The summed E-state index contributed by atoms with van der Waals surface area (Å²) in [5.41, 5.74) is 1.21. The van der Waals surface area contributed by atoms with Gasteiger partial charge in [-0.25, -0.2) is 8.78 Å². The molecule has 0 aliphatic heterocycles. The van der Waals surface area contributed by atoms with E-state index >= 15 is 0 Å². The Morgan fingerprint density at radius 3 is 1.79 bits per heavy atom. The van der Waals surface area contributed by atoms with Crippen molar-refractivity contribution in [2.45, 2.75) is 19.9 Å². The van der Waals surface area contributed by atoms with E-state index in [0.717, 1.165) is 6.42 Å². The van der Waals surface area contributed by atoms with Crippen LogP contribution in [0.3, 0.4) is 0 Å². The molecule has 0 amide bonds. The van der Waals surface area contributed by atoms with Gasteiger partial charge in [0.05, 0.1) is 17.7 Å². The summed E-state index contributed by atoms with van der Waals surface area (Å²) < 4.78 is 29.8. The molecule has 0 radical (unpaired) electrons. The first-order valence-corrected chi connectivity index (χ1v) is 9.30. The van der Waals surface area contributed by atoms with E-state index in [2.05, 4.69) is 10.2 Å². The highest BCUT2D eigenvalue weighted by Gasteiger charge is 2.26. The Kier molecular flexibility index (Phi) is 3.90. The number of rotatable bonds is 4. The van der Waals surface area contributed by atoms with E-state index in [1.165, 1.54) is 27.5 Å². The van der Waals surface area contributed by atoms with Crippen LogP contribution >= 0.6 is 22.7 Å². The summed E-state index contributed by atoms with van der Waals surface area (Å²) in [4.78, 5) is 2.83. The summed E-state index contributed by atoms with van der Waals surface area (Å²) in [6, 6.07) is 7.16. The molecule has 0 saturated heterocycles. The van der Waals surface area contributed by atoms with Gasteiger partial charge in [-0.2, -0.15) is 15.0 Å². The topological polar surface area (TPSA) is 30.7 Å². The summed E-state index contributed by atoms with van der Waals surface area (Å²) >= 11 is 2.72. The minimum absolute atomic E-state index is 0.195. The quantitative estimate of drug-likeness (QED) is 0.475. The molecule has 0 bridgehead atoms. The molecule has 7 heteroatoms. The summed E-state index contributed by atoms with van der Waals surface area (Å²) in [6.45, 7) is 2.61. The molecular weight excluding hydrogens is 348 g/mol. The van der Waals surface area contributed by atoms with Gasteiger partial charge in [-0.3, -0.25) is 0 Å². The zero-order valence-electron chi connectivity index (χ0n) is 12.8. The molecule has 3 nitrogen and oxygen atoms in total. The number of thiophene rings is 2. The highest BCUT2D eigenvalue weighted by Crippen LogP contribution is 2.41. The predicted molar refractivity (Wildman–Crippen MR) is 94.4 cm³/mol. The maximum Gasteiger partial charge on any atom is 0.170 e. The molecule has 1 aromatic carbocycles. The second kappa shape index (κ2) is 6.07. The zero-order valence-corrected chi connectivity index (χ0v) is 14.4. The zero-order chi connectivity index (χ0) is 16.7. The fourth-order valence-electron chi connectivity index (χ4n) is 2.70. The third-order valence-electron chi connectivity index (χ3n) is 3.72. The number of fused-ring (bicyclic) bond motifs is 1. The van der Waals surface area contributed by atoms with Gasteiger partial charge in [-0.1, -0.05) is 19.1 Å². The second-order valence-corrected chi connectivity index (χ2v) is 7.22. The molecule has 4 rings (SSSR count). The molecule has 122 valence electrons. The standard InChI is InChI=1S/C17H13F2N3S2/c1-2-7-22-20-16-12(10-5-3-8-23-10)14(18)15(19)13(17(16)21-22)11-6-4-9-24-11/h3-6,8-9H,2,7H2,1H3. The first-order chi connectivity index (χ1) is 11.7. The fraction of sp³-hybridized carbons (Fsp3) is 0.176. The highest BCUT2D eigenvalue weighted by molar-refractivity contribution is 7.14. The van der Waals surface area contributed by atoms with Crippen LogP contribution in [0.4, 0.5) is 8.78 Å². The van der Waals surface area contributed by atoms with Gasteiger partial charge in [-0.05, 0) is 29.3 Å². The molecule has 4 aromatic rings. The first kappa shape index (κ1) is 15.4. The SMILES string of the molecule is CCCn1nc2c(-c3cccs3)c(F)c(F)c(-c3cccs3)c2n1. The Morgan fingerprint density at radius 2 is 1.42 bits per heavy atom. The molecule has 0 unspecified atom stereocenters. The largest absolute Gasteiger partial charge is 0.203 e. The summed E-state index contributed by atoms with van der Waals surface area (Å²) in [5.74, 6) is -1.73. The van der Waals surface area contributed by atoms with E-state index < -0.39 is 11.6 Å². The molecule has 24 heavy (non-hydrogen) atoms. The van der Waals surface area contributed by atoms with Crippen LogP contribution in [0.1, 0.15) is 13.3 Å². The van der Waals surface area contributed by atoms with E-state index in [4.69, 9.17) is 0 Å². The minimum Gasteiger partial charge on any atom is -0.203 e. The van der Waals surface area contributed by atoms with Gasteiger partial charge in [0.15, 0.2) is 11.6 Å². The number of aromatic nitrogens is 3. The summed E-state index contributed by atoms with van der Waals surface area (Å²) in [6.07, 6.45) is 0.842. The molecule has 0 N–H and O–H groups in total. The van der Waals surface area contributed by atoms with Gasteiger partial charge in [0.25, 0.3) is 0 Å². The number of halogens is 2. The summed E-state index contributed by atoms with van der Waals surface area (Å²) in [5, 5.41) is 12.6. The lowest BCUT2D eigenvalue weighted by molar-refractivity contribution is 0.516. The number of aryl methyl sites for hydroxylation is 1. The highest BCUT2D eigenvalue weighted by atomic mass is 32.1. The van der Waals surface area contributed by atoms with Crippen LogP contribution in [0, 0.1) is 11.6 Å². The lowest BCUT2D eigenvalue weighted by Crippen LogP contribution is -2.00. The van der Waals surface area contributed by atoms with Crippen molar-refractivity contribution in [1.82, 2.24) is 15.0 Å². The average Bonchev–Trinajstić information content (AvgIpc) is 3.30. The lowest BCUT2D eigenvalue weighted by atomic mass is 10.0. The molecule has 0 spiro atoms. The second-order valence-electron chi connectivity index (χ2n) is 5.33. The predicted octanol–water partition coefficient (Wildman–Crippen LogP) is 5.58. The Labute approximate surface area is 145 Å². The van der Waals surface area contributed by atoms with E-state index in [0.29, 0.717) is 27.3 Å². The molecule has 0 aliphatic carbocycles. The van der Waals surface area contributed by atoms with Crippen molar-refractivity contribution in [2.75, 3.05) is 0 Å². The van der Waals surface area contributed by atoms with Crippen LogP contribution in [-0.2, 0) is 6.54 Å². The molecule has 0 atom stereocenters. The number of hydrogen-bond acceptors (Lipinski definition) is 4. The monoisotopic (exact) mass is 361 g/mol. The van der Waals surface area contributed by atoms with Gasteiger partial charge in [0.1, 0.15) is 11.0 Å². The van der Waals surface area contributed by atoms with Crippen molar-refractivity contribution >= 4 is 33.7 Å². The summed E-state index contributed by atoms with van der Waals surface area (Å²) in [7, 11) is 0. The molecule has 0 fully saturated rings. The van der Waals surface area contributed by atoms with E-state index in [9.17, 15) is 8.78 Å². The fourth-order valence-corrected chi connectivity index (χ4v) is 4.23. The number of nitrogens with zero attached hydrogens (tertiary/aromatic N) is 3. The van der Waals surface area contributed by atoms with Gasteiger partial charge in [0.2, 0.25) is 0 Å². The number of benzene rings is 1. The van der Waals surface area contributed by atoms with E-state index in [1.807, 2.05) is 29.8 Å². The molecule has 3 aromatic heterocycles. The minimum atomic E-state index is -0.864. The Hall–Kier alpha value is -2.12. The molecule has 0 saturated carbocycles. The Morgan fingerprint density at radius 1 is 0.917 bits per heavy atom. The third kappa shape index (κ3) is 2.35. The van der Waals surface area contributed by atoms with Crippen molar-refractivity contribution in [3.63, 3.8) is 0 Å². The average molecular weight is 361 g/mol. The van der Waals surface area contributed by atoms with Gasteiger partial charge in [-0.15, -0.1) is 22.7 Å². The molecule has 3 heterocycles. The van der Waals surface area contributed by atoms with Gasteiger partial charge >= 0.3 is 0 Å². The maximum atomic E-state index is 14.9. The Bertz CT molecular complexity index is 912. The van der Waals surface area contributed by atoms with Crippen LogP contribution in [0.2, 0.25) is 0 Å². The smallest absolute Gasteiger partial charge is 0.170 e. The van der Waals surface area contributed by atoms with E-state index in [-0.39, 0.29) is 11.1 Å². The molecular formula is C17H13F2N3S2. The van der Waals surface area contributed by atoms with Crippen molar-refractivity contribution in [1.29, 1.82) is 0 Å². The van der Waals surface area contributed by atoms with E-state index in [1.54, 1.807) is 12.1 Å². The van der Waals surface area contributed by atoms with Crippen molar-refractivity contribution in [2.24, 2.45) is 0 Å². The third-order valence-corrected chi connectivity index (χ3v) is 5.49. The normalized spacial score (nSPS) is 11.5. The van der Waals surface area contributed by atoms with Crippen molar-refractivity contribution < 1.29 is 8.78 Å². The number of hydrogen-bond donors (Lipinski definition) is 0. The van der Waals surface area contributed by atoms with Crippen LogP contribution in [0.15, 0.2) is 35.0 Å². The van der Waals surface area contributed by atoms with Crippen LogP contribution in [0.25, 0.3) is 31.9 Å². The van der Waals surface area contributed by atoms with Crippen molar-refractivity contribution in [3.05, 3.63) is 46.7 Å². The van der Waals surface area contributed by atoms with Gasteiger partial charge < -0.3 is 0 Å². The van der Waals surface area contributed by atoms with Crippen LogP contribution in [-0.4, -0.2) is 15.0 Å². The van der Waals surface area contributed by atoms with Crippen molar-refractivity contribution in [3.8, 4) is 20.9 Å². The maximum absolute atomic E-state index is 14.9. The first-order valence-electron chi connectivity index (χ1n) is 7.54. The lowest BCUT2D eigenvalue weighted by Gasteiger charge is -2.07. The van der Waals surface area contributed by atoms with Crippen LogP contribution < -0.4 is 0 Å². The Balaban J connectivity index is 2.11. The van der Waals surface area contributed by atoms with Crippen LogP contribution in [0.5, 0.6) is 0 Å². The van der Waals surface area contributed by atoms with Gasteiger partial charge in [0, 0.05) is 9.75 Å². The molecule has 0 aliphatic rings.